The van der Waals surface area contributed by atoms with Gasteiger partial charge < -0.3 is 4.90 Å². The van der Waals surface area contributed by atoms with E-state index in [1.54, 1.807) is 16.4 Å². The number of sulfonamides is 1. The molecule has 0 bridgehead atoms. The van der Waals surface area contributed by atoms with Crippen LogP contribution in [-0.4, -0.2) is 73.7 Å². The Morgan fingerprint density at radius 2 is 1.65 bits per heavy atom. The second-order valence-corrected chi connectivity index (χ2v) is 13.1. The van der Waals surface area contributed by atoms with Crippen molar-refractivity contribution in [1.29, 1.82) is 0 Å². The molecule has 1 aromatic rings. The number of hydrogen-bond donors (Lipinski definition) is 0. The van der Waals surface area contributed by atoms with Gasteiger partial charge in [-0.05, 0) is 43.7 Å². The third-order valence-electron chi connectivity index (χ3n) is 7.45. The number of hydrogen-bond acceptors (Lipinski definition) is 5. The molecule has 1 aromatic heterocycles. The van der Waals surface area contributed by atoms with Gasteiger partial charge in [-0.15, -0.1) is 11.3 Å². The van der Waals surface area contributed by atoms with Crippen molar-refractivity contribution in [2.45, 2.75) is 62.1 Å². The maximum atomic E-state index is 13.1. The fourth-order valence-electron chi connectivity index (χ4n) is 5.42. The van der Waals surface area contributed by atoms with Crippen LogP contribution in [0, 0.1) is 11.8 Å². The first-order chi connectivity index (χ1) is 14.9. The molecule has 2 aliphatic heterocycles. The van der Waals surface area contributed by atoms with Crippen molar-refractivity contribution in [2.75, 3.05) is 39.3 Å². The maximum absolute atomic E-state index is 13.1. The Labute approximate surface area is 195 Å². The number of piperazine rings is 1. The third-order valence-corrected chi connectivity index (χ3v) is 11.1. The van der Waals surface area contributed by atoms with E-state index in [1.807, 2.05) is 11.8 Å². The van der Waals surface area contributed by atoms with Gasteiger partial charge in [0.15, 0.2) is 0 Å². The minimum Gasteiger partial charge on any atom is -0.340 e. The van der Waals surface area contributed by atoms with Gasteiger partial charge in [-0.1, -0.05) is 37.8 Å². The lowest BCUT2D eigenvalue weighted by Crippen LogP contribution is -2.54. The molecule has 3 fully saturated rings. The van der Waals surface area contributed by atoms with Gasteiger partial charge in [0.2, 0.25) is 5.91 Å². The van der Waals surface area contributed by atoms with E-state index >= 15 is 0 Å². The molecule has 9 heteroatoms. The van der Waals surface area contributed by atoms with Crippen LogP contribution in [0.3, 0.4) is 0 Å². The Hall–Kier alpha value is -0.670. The summed E-state index contributed by atoms with van der Waals surface area (Å²) in [6.45, 7) is 6.60. The van der Waals surface area contributed by atoms with Gasteiger partial charge in [0.1, 0.15) is 4.21 Å². The Morgan fingerprint density at radius 1 is 1.00 bits per heavy atom. The number of carbonyl (C=O) groups is 1. The van der Waals surface area contributed by atoms with Crippen LogP contribution < -0.4 is 0 Å². The summed E-state index contributed by atoms with van der Waals surface area (Å²) in [7, 11) is -3.48. The Morgan fingerprint density at radius 3 is 2.23 bits per heavy atom. The van der Waals surface area contributed by atoms with E-state index in [2.05, 4.69) is 4.90 Å². The maximum Gasteiger partial charge on any atom is 0.252 e. The molecule has 0 N–H and O–H groups in total. The van der Waals surface area contributed by atoms with E-state index in [0.717, 1.165) is 50.4 Å². The summed E-state index contributed by atoms with van der Waals surface area (Å²) in [6, 6.07) is 3.92. The van der Waals surface area contributed by atoms with E-state index in [4.69, 9.17) is 11.6 Å². The quantitative estimate of drug-likeness (QED) is 0.631. The Balaban J connectivity index is 1.27. The molecule has 0 spiro atoms. The molecular formula is C22H34ClN3O3S2. The number of halogens is 1. The molecule has 0 radical (unpaired) electrons. The van der Waals surface area contributed by atoms with Crippen molar-refractivity contribution in [1.82, 2.24) is 14.1 Å². The molecular weight excluding hydrogens is 454 g/mol. The zero-order valence-electron chi connectivity index (χ0n) is 18.3. The minimum absolute atomic E-state index is 0.0535. The highest BCUT2D eigenvalue weighted by molar-refractivity contribution is 7.91. The van der Waals surface area contributed by atoms with E-state index in [1.165, 1.54) is 32.1 Å². The van der Waals surface area contributed by atoms with Gasteiger partial charge in [-0.25, -0.2) is 8.42 Å². The standard InChI is InChI=1S/C22H34ClN3O3S2/c1-17(22(27)25-15-13-24(14-16-25)19-5-3-2-4-6-19)18-9-11-26(12-10-18)31(28,29)21-8-7-20(23)30-21/h7-8,17-19H,2-6,9-16H2,1H3. The topological polar surface area (TPSA) is 60.9 Å². The van der Waals surface area contributed by atoms with E-state index in [0.29, 0.717) is 27.7 Å². The van der Waals surface area contributed by atoms with E-state index in [-0.39, 0.29) is 17.7 Å². The largest absolute Gasteiger partial charge is 0.340 e. The lowest BCUT2D eigenvalue weighted by molar-refractivity contribution is -0.139. The first-order valence-electron chi connectivity index (χ1n) is 11.6. The van der Waals surface area contributed by atoms with Gasteiger partial charge in [-0.3, -0.25) is 9.69 Å². The van der Waals surface area contributed by atoms with Gasteiger partial charge >= 0.3 is 0 Å². The van der Waals surface area contributed by atoms with Crippen molar-refractivity contribution in [3.8, 4) is 0 Å². The summed E-state index contributed by atoms with van der Waals surface area (Å²) in [6.07, 6.45) is 8.13. The predicted molar refractivity (Wildman–Crippen MR) is 125 cm³/mol. The predicted octanol–water partition coefficient (Wildman–Crippen LogP) is 3.92. The first-order valence-corrected chi connectivity index (χ1v) is 14.3. The molecule has 1 saturated carbocycles. The number of rotatable bonds is 5. The minimum atomic E-state index is -3.48. The molecule has 3 aliphatic rings. The number of nitrogens with zero attached hydrogens (tertiary/aromatic N) is 3. The zero-order valence-corrected chi connectivity index (χ0v) is 20.7. The molecule has 3 heterocycles. The summed E-state index contributed by atoms with van der Waals surface area (Å²) in [5.74, 6) is 0.430. The SMILES string of the molecule is CC(C(=O)N1CCN(C2CCCCC2)CC1)C1CCN(S(=O)(=O)c2ccc(Cl)s2)CC1. The number of carbonyl (C=O) groups excluding carboxylic acids is 1. The van der Waals surface area contributed by atoms with Gasteiger partial charge in [0.05, 0.1) is 4.34 Å². The number of thiophene rings is 1. The number of piperidine rings is 1. The molecule has 1 atom stereocenters. The van der Waals surface area contributed by atoms with Crippen LogP contribution in [0.2, 0.25) is 4.34 Å². The fraction of sp³-hybridized carbons (Fsp3) is 0.773. The summed E-state index contributed by atoms with van der Waals surface area (Å²) < 4.78 is 28.0. The molecule has 1 aliphatic carbocycles. The Kier molecular flexibility index (Phi) is 7.64. The second-order valence-electron chi connectivity index (χ2n) is 9.24. The summed E-state index contributed by atoms with van der Waals surface area (Å²) in [5, 5.41) is 0. The molecule has 1 unspecified atom stereocenters. The van der Waals surface area contributed by atoms with Crippen LogP contribution >= 0.6 is 22.9 Å². The normalized spacial score (nSPS) is 24.4. The fourth-order valence-corrected chi connectivity index (χ4v) is 8.53. The molecule has 174 valence electrons. The van der Waals surface area contributed by atoms with Crippen LogP contribution in [0.4, 0.5) is 0 Å². The molecule has 6 nitrogen and oxygen atoms in total. The van der Waals surface area contributed by atoms with Gasteiger partial charge in [-0.2, -0.15) is 4.31 Å². The smallest absolute Gasteiger partial charge is 0.252 e. The van der Waals surface area contributed by atoms with Gasteiger partial charge in [0.25, 0.3) is 10.0 Å². The second kappa shape index (κ2) is 10.1. The van der Waals surface area contributed by atoms with Crippen LogP contribution in [0.1, 0.15) is 51.9 Å². The van der Waals surface area contributed by atoms with Crippen molar-refractivity contribution < 1.29 is 13.2 Å². The average molecular weight is 488 g/mol. The van der Waals surface area contributed by atoms with Crippen LogP contribution in [0.15, 0.2) is 16.3 Å². The molecule has 31 heavy (non-hydrogen) atoms. The van der Waals surface area contributed by atoms with Crippen LogP contribution in [0.25, 0.3) is 0 Å². The van der Waals surface area contributed by atoms with Crippen molar-refractivity contribution >= 4 is 38.9 Å². The average Bonchev–Trinajstić information content (AvgIpc) is 3.26. The zero-order chi connectivity index (χ0) is 22.0. The Bertz CT molecular complexity index is 853. The monoisotopic (exact) mass is 487 g/mol. The highest BCUT2D eigenvalue weighted by atomic mass is 35.5. The van der Waals surface area contributed by atoms with E-state index < -0.39 is 10.0 Å². The molecule has 2 saturated heterocycles. The lowest BCUT2D eigenvalue weighted by Gasteiger charge is -2.42. The van der Waals surface area contributed by atoms with Gasteiger partial charge in [0, 0.05) is 51.2 Å². The first kappa shape index (κ1) is 23.5. The lowest BCUT2D eigenvalue weighted by atomic mass is 9.85. The molecule has 4 rings (SSSR count). The summed E-state index contributed by atoms with van der Waals surface area (Å²) >= 11 is 7.02. The molecule has 0 aromatic carbocycles. The van der Waals surface area contributed by atoms with Crippen molar-refractivity contribution in [3.05, 3.63) is 16.5 Å². The van der Waals surface area contributed by atoms with Crippen molar-refractivity contribution in [3.63, 3.8) is 0 Å². The van der Waals surface area contributed by atoms with Crippen LogP contribution in [0.5, 0.6) is 0 Å². The number of amides is 1. The van der Waals surface area contributed by atoms with Crippen LogP contribution in [-0.2, 0) is 14.8 Å². The third kappa shape index (κ3) is 5.29. The van der Waals surface area contributed by atoms with E-state index in [9.17, 15) is 13.2 Å². The molecule has 1 amide bonds. The van der Waals surface area contributed by atoms with Crippen molar-refractivity contribution in [2.24, 2.45) is 11.8 Å². The summed E-state index contributed by atoms with van der Waals surface area (Å²) in [4.78, 5) is 17.8. The highest BCUT2D eigenvalue weighted by Crippen LogP contribution is 2.33. The highest BCUT2D eigenvalue weighted by Gasteiger charge is 2.36. The summed E-state index contributed by atoms with van der Waals surface area (Å²) in [5.41, 5.74) is 0.